The van der Waals surface area contributed by atoms with Gasteiger partial charge in [-0.25, -0.2) is 0 Å². The van der Waals surface area contributed by atoms with Gasteiger partial charge in [-0.3, -0.25) is 0 Å². The Morgan fingerprint density at radius 3 is 3.16 bits per heavy atom. The molecule has 1 aromatic carbocycles. The summed E-state index contributed by atoms with van der Waals surface area (Å²) >= 11 is 0. The largest absolute Gasteiger partial charge is 0.316 e. The first-order chi connectivity index (χ1) is 9.33. The lowest BCUT2D eigenvalue weighted by Crippen LogP contribution is -2.31. The van der Waals surface area contributed by atoms with E-state index in [1.807, 2.05) is 16.8 Å². The van der Waals surface area contributed by atoms with Crippen molar-refractivity contribution in [2.75, 3.05) is 13.1 Å². The summed E-state index contributed by atoms with van der Waals surface area (Å²) in [7, 11) is 0. The van der Waals surface area contributed by atoms with Gasteiger partial charge >= 0.3 is 0 Å². The third-order valence-corrected chi connectivity index (χ3v) is 3.65. The highest BCUT2D eigenvalue weighted by Gasteiger charge is 2.17. The number of rotatable bonds is 3. The van der Waals surface area contributed by atoms with Crippen LogP contribution in [0.3, 0.4) is 0 Å². The van der Waals surface area contributed by atoms with Gasteiger partial charge in [-0.05, 0) is 66.9 Å². The zero-order valence-corrected chi connectivity index (χ0v) is 11.2. The second kappa shape index (κ2) is 5.48. The zero-order chi connectivity index (χ0) is 13.1. The van der Waals surface area contributed by atoms with E-state index in [4.69, 9.17) is 0 Å². The van der Waals surface area contributed by atoms with Crippen LogP contribution >= 0.6 is 0 Å². The van der Waals surface area contributed by atoms with E-state index in [9.17, 15) is 0 Å². The SMILES string of the molecule is Cc1cccc(-n2nnnc2CC2CCCNC2)c1. The Labute approximate surface area is 113 Å². The molecule has 1 saturated heterocycles. The minimum absolute atomic E-state index is 0.642. The fourth-order valence-electron chi connectivity index (χ4n) is 2.65. The van der Waals surface area contributed by atoms with E-state index in [-0.39, 0.29) is 0 Å². The molecule has 1 fully saturated rings. The topological polar surface area (TPSA) is 55.6 Å². The normalized spacial score (nSPS) is 19.5. The number of nitrogens with zero attached hydrogens (tertiary/aromatic N) is 4. The molecule has 2 heterocycles. The molecule has 1 N–H and O–H groups in total. The van der Waals surface area contributed by atoms with Gasteiger partial charge in [-0.2, -0.15) is 4.68 Å². The Balaban J connectivity index is 1.81. The molecule has 1 unspecified atom stereocenters. The summed E-state index contributed by atoms with van der Waals surface area (Å²) in [5.74, 6) is 1.60. The summed E-state index contributed by atoms with van der Waals surface area (Å²) in [6.45, 7) is 4.29. The molecule has 3 rings (SSSR count). The summed E-state index contributed by atoms with van der Waals surface area (Å²) in [6.07, 6.45) is 3.44. The van der Waals surface area contributed by atoms with Crippen LogP contribution in [0.1, 0.15) is 24.2 Å². The van der Waals surface area contributed by atoms with Crippen molar-refractivity contribution in [3.8, 4) is 5.69 Å². The number of piperidine rings is 1. The van der Waals surface area contributed by atoms with Crippen molar-refractivity contribution < 1.29 is 0 Å². The first-order valence-corrected chi connectivity index (χ1v) is 6.88. The number of benzene rings is 1. The van der Waals surface area contributed by atoms with Crippen LogP contribution in [0.5, 0.6) is 0 Å². The van der Waals surface area contributed by atoms with Crippen molar-refractivity contribution in [2.45, 2.75) is 26.2 Å². The number of nitrogens with one attached hydrogen (secondary N) is 1. The van der Waals surface area contributed by atoms with Crippen molar-refractivity contribution in [3.63, 3.8) is 0 Å². The molecule has 0 bridgehead atoms. The lowest BCUT2D eigenvalue weighted by molar-refractivity contribution is 0.368. The molecule has 0 radical (unpaired) electrons. The molecule has 0 saturated carbocycles. The van der Waals surface area contributed by atoms with Crippen LogP contribution in [0.4, 0.5) is 0 Å². The zero-order valence-electron chi connectivity index (χ0n) is 11.2. The highest BCUT2D eigenvalue weighted by atomic mass is 15.5. The number of aromatic nitrogens is 4. The van der Waals surface area contributed by atoms with E-state index < -0.39 is 0 Å². The van der Waals surface area contributed by atoms with E-state index >= 15 is 0 Å². The van der Waals surface area contributed by atoms with Gasteiger partial charge in [0.1, 0.15) is 0 Å². The minimum Gasteiger partial charge on any atom is -0.316 e. The average molecular weight is 257 g/mol. The molecule has 1 aromatic heterocycles. The fourth-order valence-corrected chi connectivity index (χ4v) is 2.65. The molecular weight excluding hydrogens is 238 g/mol. The number of hydrogen-bond donors (Lipinski definition) is 1. The molecule has 5 heteroatoms. The lowest BCUT2D eigenvalue weighted by atomic mass is 9.96. The standard InChI is InChI=1S/C14H19N5/c1-11-4-2-6-13(8-11)19-14(16-17-18-19)9-12-5-3-7-15-10-12/h2,4,6,8,12,15H,3,5,7,9-10H2,1H3. The van der Waals surface area contributed by atoms with Crippen LogP contribution in [0.15, 0.2) is 24.3 Å². The molecule has 0 aliphatic carbocycles. The quantitative estimate of drug-likeness (QED) is 0.905. The van der Waals surface area contributed by atoms with E-state index in [1.54, 1.807) is 0 Å². The van der Waals surface area contributed by atoms with Gasteiger partial charge in [0.05, 0.1) is 5.69 Å². The Bertz CT molecular complexity index is 542. The predicted octanol–water partition coefficient (Wildman–Crippen LogP) is 1.51. The van der Waals surface area contributed by atoms with Gasteiger partial charge in [-0.1, -0.05) is 12.1 Å². The van der Waals surface area contributed by atoms with E-state index in [1.165, 1.54) is 18.4 Å². The van der Waals surface area contributed by atoms with Crippen molar-refractivity contribution in [3.05, 3.63) is 35.7 Å². The van der Waals surface area contributed by atoms with E-state index in [0.717, 1.165) is 31.0 Å². The smallest absolute Gasteiger partial charge is 0.157 e. The van der Waals surface area contributed by atoms with Gasteiger partial charge in [0.25, 0.3) is 0 Å². The van der Waals surface area contributed by atoms with Gasteiger partial charge < -0.3 is 5.32 Å². The molecule has 5 nitrogen and oxygen atoms in total. The first kappa shape index (κ1) is 12.3. The maximum absolute atomic E-state index is 4.19. The molecule has 1 aliphatic heterocycles. The summed E-state index contributed by atoms with van der Waals surface area (Å²) in [6, 6.07) is 8.28. The molecular formula is C14H19N5. The Morgan fingerprint density at radius 1 is 1.42 bits per heavy atom. The Kier molecular flexibility index (Phi) is 3.55. The van der Waals surface area contributed by atoms with Crippen LogP contribution in [0.25, 0.3) is 5.69 Å². The van der Waals surface area contributed by atoms with Crippen molar-refractivity contribution in [1.29, 1.82) is 0 Å². The summed E-state index contributed by atoms with van der Waals surface area (Å²) in [5, 5.41) is 15.6. The number of aryl methyl sites for hydroxylation is 1. The Hall–Kier alpha value is -1.75. The second-order valence-corrected chi connectivity index (χ2v) is 5.26. The number of tetrazole rings is 1. The van der Waals surface area contributed by atoms with Gasteiger partial charge in [-0.15, -0.1) is 5.10 Å². The third kappa shape index (κ3) is 2.81. The summed E-state index contributed by atoms with van der Waals surface area (Å²) in [4.78, 5) is 0. The minimum atomic E-state index is 0.642. The van der Waals surface area contributed by atoms with Crippen molar-refractivity contribution >= 4 is 0 Å². The first-order valence-electron chi connectivity index (χ1n) is 6.88. The number of hydrogen-bond acceptors (Lipinski definition) is 4. The van der Waals surface area contributed by atoms with Gasteiger partial charge in [0.2, 0.25) is 0 Å². The average Bonchev–Trinajstić information content (AvgIpc) is 2.88. The van der Waals surface area contributed by atoms with Gasteiger partial charge in [0.15, 0.2) is 5.82 Å². The van der Waals surface area contributed by atoms with Crippen molar-refractivity contribution in [2.24, 2.45) is 5.92 Å². The van der Waals surface area contributed by atoms with E-state index in [0.29, 0.717) is 5.92 Å². The molecule has 19 heavy (non-hydrogen) atoms. The molecule has 0 amide bonds. The maximum Gasteiger partial charge on any atom is 0.157 e. The third-order valence-electron chi connectivity index (χ3n) is 3.65. The molecule has 100 valence electrons. The van der Waals surface area contributed by atoms with Crippen molar-refractivity contribution in [1.82, 2.24) is 25.5 Å². The van der Waals surface area contributed by atoms with Gasteiger partial charge in [0, 0.05) is 6.42 Å². The highest BCUT2D eigenvalue weighted by Crippen LogP contribution is 2.17. The van der Waals surface area contributed by atoms with E-state index in [2.05, 4.69) is 39.9 Å². The molecule has 0 spiro atoms. The highest BCUT2D eigenvalue weighted by molar-refractivity contribution is 5.34. The van der Waals surface area contributed by atoms with Crippen LogP contribution in [-0.4, -0.2) is 33.3 Å². The lowest BCUT2D eigenvalue weighted by Gasteiger charge is -2.22. The van der Waals surface area contributed by atoms with Crippen LogP contribution in [0.2, 0.25) is 0 Å². The summed E-state index contributed by atoms with van der Waals surface area (Å²) in [5.41, 5.74) is 2.27. The molecule has 1 aliphatic rings. The summed E-state index contributed by atoms with van der Waals surface area (Å²) < 4.78 is 1.86. The Morgan fingerprint density at radius 2 is 2.37 bits per heavy atom. The molecule has 2 aromatic rings. The van der Waals surface area contributed by atoms with Crippen LogP contribution < -0.4 is 5.32 Å². The maximum atomic E-state index is 4.19. The molecule has 1 atom stereocenters. The van der Waals surface area contributed by atoms with Crippen LogP contribution in [0, 0.1) is 12.8 Å². The van der Waals surface area contributed by atoms with Crippen LogP contribution in [-0.2, 0) is 6.42 Å². The monoisotopic (exact) mass is 257 g/mol. The second-order valence-electron chi connectivity index (χ2n) is 5.26. The fraction of sp³-hybridized carbons (Fsp3) is 0.500. The predicted molar refractivity (Wildman–Crippen MR) is 73.2 cm³/mol.